The fourth-order valence-corrected chi connectivity index (χ4v) is 1.85. The molecule has 1 aliphatic rings. The summed E-state index contributed by atoms with van der Waals surface area (Å²) in [7, 11) is -1.43. The van der Waals surface area contributed by atoms with Crippen molar-refractivity contribution in [1.82, 2.24) is 0 Å². The molecule has 2 atom stereocenters. The van der Waals surface area contributed by atoms with Crippen molar-refractivity contribution in [3.63, 3.8) is 0 Å². The number of hydrogen-bond acceptors (Lipinski definition) is 1. The lowest BCUT2D eigenvalue weighted by molar-refractivity contribution is -0.141. The van der Waals surface area contributed by atoms with Crippen molar-refractivity contribution < 1.29 is 9.90 Å². The molecule has 1 saturated carbocycles. The van der Waals surface area contributed by atoms with Crippen molar-refractivity contribution in [1.29, 1.82) is 0 Å². The van der Waals surface area contributed by atoms with E-state index < -0.39 is 19.5 Å². The van der Waals surface area contributed by atoms with Gasteiger partial charge in [-0.25, -0.2) is 0 Å². The lowest BCUT2D eigenvalue weighted by atomic mass is 10.1. The normalized spacial score (nSPS) is 31.8. The molecule has 1 N–H and O–H groups in total. The lowest BCUT2D eigenvalue weighted by Gasteiger charge is -2.06. The standard InChI is InChI=1S/C10H16O2Si/c1-8-7-10(8,9(11)12)5-6-13(2,3)4/h8H,7H2,1-4H3,(H,11,12). The van der Waals surface area contributed by atoms with Crippen molar-refractivity contribution in [2.75, 3.05) is 0 Å². The van der Waals surface area contributed by atoms with Gasteiger partial charge >= 0.3 is 5.97 Å². The van der Waals surface area contributed by atoms with E-state index in [1.54, 1.807) is 0 Å². The van der Waals surface area contributed by atoms with E-state index in [1.807, 2.05) is 6.92 Å². The van der Waals surface area contributed by atoms with Gasteiger partial charge in [-0.2, -0.15) is 0 Å². The van der Waals surface area contributed by atoms with Crippen molar-refractivity contribution in [2.24, 2.45) is 11.3 Å². The SMILES string of the molecule is CC1CC1(C#C[Si](C)(C)C)C(=O)O. The van der Waals surface area contributed by atoms with Crippen LogP contribution in [0.3, 0.4) is 0 Å². The molecule has 0 aliphatic heterocycles. The molecular formula is C10H16O2Si. The van der Waals surface area contributed by atoms with Gasteiger partial charge < -0.3 is 5.11 Å². The second-order valence-corrected chi connectivity index (χ2v) is 9.63. The van der Waals surface area contributed by atoms with Crippen LogP contribution in [0, 0.1) is 22.8 Å². The first-order valence-electron chi connectivity index (χ1n) is 4.56. The Hall–Kier alpha value is -0.753. The molecule has 0 aromatic rings. The molecule has 0 heterocycles. The van der Waals surface area contributed by atoms with E-state index in [4.69, 9.17) is 5.11 Å². The molecule has 1 aliphatic carbocycles. The van der Waals surface area contributed by atoms with Gasteiger partial charge in [0.25, 0.3) is 0 Å². The molecular weight excluding hydrogens is 180 g/mol. The van der Waals surface area contributed by atoms with E-state index in [-0.39, 0.29) is 5.92 Å². The number of rotatable bonds is 1. The summed E-state index contributed by atoms with van der Waals surface area (Å²) in [5, 5.41) is 8.98. The molecule has 0 saturated heterocycles. The molecule has 1 rings (SSSR count). The van der Waals surface area contributed by atoms with E-state index in [2.05, 4.69) is 31.1 Å². The molecule has 13 heavy (non-hydrogen) atoms. The van der Waals surface area contributed by atoms with Crippen LogP contribution in [0.15, 0.2) is 0 Å². The van der Waals surface area contributed by atoms with Crippen LogP contribution in [0.4, 0.5) is 0 Å². The average molecular weight is 196 g/mol. The van der Waals surface area contributed by atoms with Gasteiger partial charge in [0, 0.05) is 0 Å². The molecule has 0 aromatic carbocycles. The second-order valence-electron chi connectivity index (χ2n) is 4.88. The van der Waals surface area contributed by atoms with Crippen LogP contribution in [-0.2, 0) is 4.79 Å². The zero-order chi connectivity index (χ0) is 10.3. The Morgan fingerprint density at radius 1 is 1.54 bits per heavy atom. The maximum atomic E-state index is 10.9. The van der Waals surface area contributed by atoms with Crippen molar-refractivity contribution >= 4 is 14.0 Å². The summed E-state index contributed by atoms with van der Waals surface area (Å²) in [4.78, 5) is 10.9. The van der Waals surface area contributed by atoms with E-state index in [1.165, 1.54) is 0 Å². The Kier molecular flexibility index (Phi) is 2.29. The van der Waals surface area contributed by atoms with E-state index in [9.17, 15) is 4.79 Å². The largest absolute Gasteiger partial charge is 0.480 e. The fraction of sp³-hybridized carbons (Fsp3) is 0.700. The zero-order valence-electron chi connectivity index (χ0n) is 8.64. The summed E-state index contributed by atoms with van der Waals surface area (Å²) >= 11 is 0. The quantitative estimate of drug-likeness (QED) is 0.514. The smallest absolute Gasteiger partial charge is 0.322 e. The van der Waals surface area contributed by atoms with Gasteiger partial charge in [0.2, 0.25) is 0 Å². The second kappa shape index (κ2) is 2.88. The Morgan fingerprint density at radius 3 is 2.23 bits per heavy atom. The Morgan fingerprint density at radius 2 is 2.00 bits per heavy atom. The van der Waals surface area contributed by atoms with Crippen LogP contribution in [-0.4, -0.2) is 19.1 Å². The number of carboxylic acids is 1. The average Bonchev–Trinajstić information content (AvgIpc) is 2.57. The third-order valence-corrected chi connectivity index (χ3v) is 3.23. The maximum Gasteiger partial charge on any atom is 0.322 e. The van der Waals surface area contributed by atoms with E-state index in [0.29, 0.717) is 0 Å². The topological polar surface area (TPSA) is 37.3 Å². The van der Waals surface area contributed by atoms with Crippen LogP contribution in [0.1, 0.15) is 13.3 Å². The highest BCUT2D eigenvalue weighted by atomic mass is 28.3. The Balaban J connectivity index is 2.82. The number of carbonyl (C=O) groups is 1. The molecule has 0 amide bonds. The van der Waals surface area contributed by atoms with Crippen molar-refractivity contribution in [3.05, 3.63) is 0 Å². The first-order chi connectivity index (χ1) is 5.78. The summed E-state index contributed by atoms with van der Waals surface area (Å²) in [6, 6.07) is 0. The Labute approximate surface area is 80.4 Å². The molecule has 0 aromatic heterocycles. The third-order valence-electron chi connectivity index (χ3n) is 2.35. The summed E-state index contributed by atoms with van der Waals surface area (Å²) in [6.45, 7) is 8.33. The van der Waals surface area contributed by atoms with Crippen LogP contribution in [0.2, 0.25) is 19.6 Å². The minimum absolute atomic E-state index is 0.230. The highest BCUT2D eigenvalue weighted by molar-refractivity contribution is 6.83. The lowest BCUT2D eigenvalue weighted by Crippen LogP contribution is -2.20. The van der Waals surface area contributed by atoms with Gasteiger partial charge in [0.15, 0.2) is 0 Å². The summed E-state index contributed by atoms with van der Waals surface area (Å²) < 4.78 is 0. The third kappa shape index (κ3) is 2.13. The van der Waals surface area contributed by atoms with Crippen LogP contribution < -0.4 is 0 Å². The molecule has 2 unspecified atom stereocenters. The molecule has 0 bridgehead atoms. The van der Waals surface area contributed by atoms with Crippen LogP contribution in [0.5, 0.6) is 0 Å². The highest BCUT2D eigenvalue weighted by Gasteiger charge is 2.57. The number of carboxylic acid groups (broad SMARTS) is 1. The minimum Gasteiger partial charge on any atom is -0.480 e. The molecule has 0 radical (unpaired) electrons. The van der Waals surface area contributed by atoms with Crippen molar-refractivity contribution in [2.45, 2.75) is 33.0 Å². The van der Waals surface area contributed by atoms with Gasteiger partial charge in [-0.15, -0.1) is 5.54 Å². The monoisotopic (exact) mass is 196 g/mol. The zero-order valence-corrected chi connectivity index (χ0v) is 9.64. The summed E-state index contributed by atoms with van der Waals surface area (Å²) in [6.07, 6.45) is 0.722. The maximum absolute atomic E-state index is 10.9. The van der Waals surface area contributed by atoms with Crippen LogP contribution >= 0.6 is 0 Å². The van der Waals surface area contributed by atoms with Gasteiger partial charge in [-0.05, 0) is 12.3 Å². The van der Waals surface area contributed by atoms with E-state index in [0.717, 1.165) is 6.42 Å². The Bertz CT molecular complexity index is 292. The molecule has 2 nitrogen and oxygen atoms in total. The van der Waals surface area contributed by atoms with Crippen LogP contribution in [0.25, 0.3) is 0 Å². The summed E-state index contributed by atoms with van der Waals surface area (Å²) in [5.41, 5.74) is 2.45. The van der Waals surface area contributed by atoms with Gasteiger partial charge in [0.1, 0.15) is 13.5 Å². The minimum atomic E-state index is -1.43. The predicted molar refractivity (Wildman–Crippen MR) is 55.0 cm³/mol. The number of hydrogen-bond donors (Lipinski definition) is 1. The molecule has 3 heteroatoms. The number of aliphatic carboxylic acids is 1. The van der Waals surface area contributed by atoms with Gasteiger partial charge in [-0.1, -0.05) is 32.5 Å². The van der Waals surface area contributed by atoms with Gasteiger partial charge in [0.05, 0.1) is 0 Å². The molecule has 1 fully saturated rings. The summed E-state index contributed by atoms with van der Waals surface area (Å²) in [5.74, 6) is 2.46. The van der Waals surface area contributed by atoms with Crippen molar-refractivity contribution in [3.8, 4) is 11.5 Å². The predicted octanol–water partition coefficient (Wildman–Crippen LogP) is 1.98. The fourth-order valence-electron chi connectivity index (χ4n) is 1.25. The first kappa shape index (κ1) is 10.3. The van der Waals surface area contributed by atoms with Gasteiger partial charge in [-0.3, -0.25) is 4.79 Å². The first-order valence-corrected chi connectivity index (χ1v) is 8.06. The molecule has 72 valence electrons. The van der Waals surface area contributed by atoms with E-state index >= 15 is 0 Å². The highest BCUT2D eigenvalue weighted by Crippen LogP contribution is 2.51. The molecule has 0 spiro atoms.